The highest BCUT2D eigenvalue weighted by molar-refractivity contribution is 7.99. The topological polar surface area (TPSA) is 74.7 Å². The molecule has 0 aromatic carbocycles. The number of quaternary nitrogens is 1. The molecule has 0 aliphatic carbocycles. The van der Waals surface area contributed by atoms with Gasteiger partial charge in [-0.15, -0.1) is 11.3 Å². The molecule has 1 unspecified atom stereocenters. The molecule has 0 radical (unpaired) electrons. The van der Waals surface area contributed by atoms with Gasteiger partial charge in [-0.3, -0.25) is 0 Å². The third kappa shape index (κ3) is 3.83. The minimum absolute atomic E-state index is 0.237. The van der Waals surface area contributed by atoms with Crippen LogP contribution in [0.15, 0.2) is 5.16 Å². The predicted octanol–water partition coefficient (Wildman–Crippen LogP) is 1.34. The molecule has 0 bridgehead atoms. The van der Waals surface area contributed by atoms with Crippen molar-refractivity contribution in [2.75, 3.05) is 38.3 Å². The van der Waals surface area contributed by atoms with Crippen molar-refractivity contribution in [1.29, 1.82) is 0 Å². The Balaban J connectivity index is 1.80. The standard InChI is InChI=1S/C16H24N4O2S2/c1-4-21-12(22-5-2)9-23-16-18-14(17)13-10-6-7-20(3)8-11(10)24-15(13)19-16/h12H,4-9H2,1-3H3,(H2,17,18,19)/p+1. The number of thiophene rings is 1. The van der Waals surface area contributed by atoms with Crippen molar-refractivity contribution in [3.05, 3.63) is 10.4 Å². The van der Waals surface area contributed by atoms with Crippen LogP contribution in [-0.2, 0) is 22.4 Å². The summed E-state index contributed by atoms with van der Waals surface area (Å²) in [6, 6.07) is 0. The van der Waals surface area contributed by atoms with Crippen LogP contribution in [0.4, 0.5) is 5.82 Å². The quantitative estimate of drug-likeness (QED) is 0.436. The highest BCUT2D eigenvalue weighted by Crippen LogP contribution is 2.35. The Morgan fingerprint density at radius 3 is 2.75 bits per heavy atom. The van der Waals surface area contributed by atoms with E-state index in [4.69, 9.17) is 20.2 Å². The van der Waals surface area contributed by atoms with E-state index in [0.717, 1.165) is 29.7 Å². The Hall–Kier alpha value is -0.930. The van der Waals surface area contributed by atoms with E-state index in [1.807, 2.05) is 13.8 Å². The van der Waals surface area contributed by atoms with Crippen LogP contribution < -0.4 is 10.6 Å². The molecular weight excluding hydrogens is 344 g/mol. The number of thioether (sulfide) groups is 1. The third-order valence-electron chi connectivity index (χ3n) is 4.06. The molecule has 3 rings (SSSR count). The first-order valence-electron chi connectivity index (χ1n) is 8.37. The zero-order valence-corrected chi connectivity index (χ0v) is 16.1. The van der Waals surface area contributed by atoms with Crippen molar-refractivity contribution in [2.45, 2.75) is 38.3 Å². The van der Waals surface area contributed by atoms with E-state index in [1.165, 1.54) is 27.1 Å². The van der Waals surface area contributed by atoms with Gasteiger partial charge in [0.1, 0.15) is 17.2 Å². The van der Waals surface area contributed by atoms with E-state index in [2.05, 4.69) is 12.0 Å². The molecule has 0 fully saturated rings. The SMILES string of the molecule is CCOC(CSc1nc(N)c2c3c(sc2n1)C[NH+](C)CC3)OCC. The van der Waals surface area contributed by atoms with Crippen LogP contribution in [0.5, 0.6) is 0 Å². The molecule has 1 aliphatic rings. The Kier molecular flexibility index (Phi) is 5.93. The van der Waals surface area contributed by atoms with Gasteiger partial charge in [0, 0.05) is 19.6 Å². The molecule has 2 aromatic rings. The molecule has 0 saturated carbocycles. The van der Waals surface area contributed by atoms with E-state index in [1.54, 1.807) is 11.3 Å². The van der Waals surface area contributed by atoms with Gasteiger partial charge in [0.15, 0.2) is 11.4 Å². The maximum absolute atomic E-state index is 6.26. The van der Waals surface area contributed by atoms with Crippen molar-refractivity contribution < 1.29 is 14.4 Å². The minimum Gasteiger partial charge on any atom is -0.383 e. The fourth-order valence-electron chi connectivity index (χ4n) is 2.94. The summed E-state index contributed by atoms with van der Waals surface area (Å²) in [5.74, 6) is 1.26. The number of rotatable bonds is 7. The van der Waals surface area contributed by atoms with Crippen LogP contribution in [0.25, 0.3) is 10.2 Å². The summed E-state index contributed by atoms with van der Waals surface area (Å²) in [7, 11) is 2.23. The Morgan fingerprint density at radius 2 is 2.04 bits per heavy atom. The van der Waals surface area contributed by atoms with E-state index in [0.29, 0.717) is 29.9 Å². The van der Waals surface area contributed by atoms with Crippen molar-refractivity contribution >= 4 is 39.1 Å². The third-order valence-corrected chi connectivity index (χ3v) is 6.06. The van der Waals surface area contributed by atoms with Crippen LogP contribution in [0.1, 0.15) is 24.3 Å². The first-order valence-corrected chi connectivity index (χ1v) is 10.2. The zero-order valence-electron chi connectivity index (χ0n) is 14.4. The van der Waals surface area contributed by atoms with Crippen LogP contribution in [0, 0.1) is 0 Å². The van der Waals surface area contributed by atoms with Crippen LogP contribution in [-0.4, -0.2) is 48.8 Å². The van der Waals surface area contributed by atoms with Crippen LogP contribution in [0.3, 0.4) is 0 Å². The molecule has 24 heavy (non-hydrogen) atoms. The monoisotopic (exact) mass is 369 g/mol. The first kappa shape index (κ1) is 17.9. The van der Waals surface area contributed by atoms with Crippen molar-refractivity contribution in [3.63, 3.8) is 0 Å². The number of likely N-dealkylation sites (N-methyl/N-ethyl adjacent to an activating group) is 1. The Bertz CT molecular complexity index is 701. The number of hydrogen-bond donors (Lipinski definition) is 2. The molecule has 1 atom stereocenters. The summed E-state index contributed by atoms with van der Waals surface area (Å²) >= 11 is 3.29. The van der Waals surface area contributed by atoms with Crippen molar-refractivity contribution in [1.82, 2.24) is 9.97 Å². The summed E-state index contributed by atoms with van der Waals surface area (Å²) < 4.78 is 11.1. The summed E-state index contributed by atoms with van der Waals surface area (Å²) in [6.45, 7) is 7.37. The fraction of sp³-hybridized carbons (Fsp3) is 0.625. The van der Waals surface area contributed by atoms with E-state index < -0.39 is 0 Å². The van der Waals surface area contributed by atoms with Gasteiger partial charge in [0.05, 0.1) is 29.6 Å². The van der Waals surface area contributed by atoms with Crippen molar-refractivity contribution in [3.8, 4) is 0 Å². The van der Waals surface area contributed by atoms with E-state index in [-0.39, 0.29) is 6.29 Å². The van der Waals surface area contributed by atoms with Gasteiger partial charge < -0.3 is 20.1 Å². The lowest BCUT2D eigenvalue weighted by molar-refractivity contribution is -0.895. The molecule has 0 saturated heterocycles. The lowest BCUT2D eigenvalue weighted by Crippen LogP contribution is -3.08. The van der Waals surface area contributed by atoms with Gasteiger partial charge in [-0.1, -0.05) is 11.8 Å². The molecule has 3 N–H and O–H groups in total. The molecule has 1 aliphatic heterocycles. The number of nitrogens with one attached hydrogen (secondary N) is 1. The second-order valence-electron chi connectivity index (χ2n) is 5.86. The average Bonchev–Trinajstić information content (AvgIpc) is 2.90. The lowest BCUT2D eigenvalue weighted by atomic mass is 10.1. The molecular formula is C16H25N4O2S2+. The van der Waals surface area contributed by atoms with Crippen LogP contribution in [0.2, 0.25) is 0 Å². The normalized spacial score (nSPS) is 17.6. The number of aromatic nitrogens is 2. The molecule has 0 amide bonds. The largest absolute Gasteiger partial charge is 0.383 e. The number of fused-ring (bicyclic) bond motifs is 3. The van der Waals surface area contributed by atoms with E-state index in [9.17, 15) is 0 Å². The highest BCUT2D eigenvalue weighted by atomic mass is 32.2. The van der Waals surface area contributed by atoms with Gasteiger partial charge in [-0.25, -0.2) is 9.97 Å². The predicted molar refractivity (Wildman–Crippen MR) is 98.8 cm³/mol. The molecule has 6 nitrogen and oxygen atoms in total. The highest BCUT2D eigenvalue weighted by Gasteiger charge is 2.24. The maximum atomic E-state index is 6.26. The molecule has 3 heterocycles. The first-order chi connectivity index (χ1) is 11.6. The second-order valence-corrected chi connectivity index (χ2v) is 7.93. The summed E-state index contributed by atoms with van der Waals surface area (Å²) in [6.07, 6.45) is 0.817. The van der Waals surface area contributed by atoms with Gasteiger partial charge in [-0.2, -0.15) is 0 Å². The van der Waals surface area contributed by atoms with Gasteiger partial charge >= 0.3 is 0 Å². The number of nitrogen functional groups attached to an aromatic ring is 1. The number of hydrogen-bond acceptors (Lipinski definition) is 7. The van der Waals surface area contributed by atoms with Gasteiger partial charge in [0.2, 0.25) is 0 Å². The Labute approximate surface area is 150 Å². The van der Waals surface area contributed by atoms with Gasteiger partial charge in [-0.05, 0) is 19.4 Å². The molecule has 0 spiro atoms. The van der Waals surface area contributed by atoms with E-state index >= 15 is 0 Å². The summed E-state index contributed by atoms with van der Waals surface area (Å²) in [5.41, 5.74) is 7.61. The smallest absolute Gasteiger partial charge is 0.191 e. The van der Waals surface area contributed by atoms with Crippen molar-refractivity contribution in [2.24, 2.45) is 0 Å². The molecule has 132 valence electrons. The summed E-state index contributed by atoms with van der Waals surface area (Å²) in [5, 5.41) is 1.77. The maximum Gasteiger partial charge on any atom is 0.191 e. The van der Waals surface area contributed by atoms with Crippen LogP contribution >= 0.6 is 23.1 Å². The van der Waals surface area contributed by atoms with Gasteiger partial charge in [0.25, 0.3) is 0 Å². The minimum atomic E-state index is -0.237. The summed E-state index contributed by atoms with van der Waals surface area (Å²) in [4.78, 5) is 13.2. The Morgan fingerprint density at radius 1 is 1.29 bits per heavy atom. The molecule has 8 heteroatoms. The fourth-order valence-corrected chi connectivity index (χ4v) is 5.14. The lowest BCUT2D eigenvalue weighted by Gasteiger charge is -2.19. The number of ether oxygens (including phenoxy) is 2. The molecule has 2 aromatic heterocycles. The average molecular weight is 370 g/mol. The number of nitrogens with two attached hydrogens (primary N) is 1. The number of nitrogens with zero attached hydrogens (tertiary/aromatic N) is 2. The number of anilines is 1. The zero-order chi connectivity index (χ0) is 17.1. The second kappa shape index (κ2) is 7.97.